The van der Waals surface area contributed by atoms with E-state index in [9.17, 15) is 4.79 Å². The number of halogens is 1. The first kappa shape index (κ1) is 20.4. The van der Waals surface area contributed by atoms with Crippen molar-refractivity contribution in [3.05, 3.63) is 83.0 Å². The summed E-state index contributed by atoms with van der Waals surface area (Å²) in [6.07, 6.45) is 1.43. The molecule has 2 heterocycles. The summed E-state index contributed by atoms with van der Waals surface area (Å²) in [4.78, 5) is 21.4. The predicted octanol–water partition coefficient (Wildman–Crippen LogP) is 4.14. The Bertz CT molecular complexity index is 984. The Morgan fingerprint density at radius 3 is 2.53 bits per heavy atom. The Balaban J connectivity index is 1.30. The van der Waals surface area contributed by atoms with E-state index in [1.54, 1.807) is 0 Å². The number of rotatable bonds is 6. The molecule has 4 rings (SSSR count). The van der Waals surface area contributed by atoms with E-state index in [1.165, 1.54) is 6.26 Å². The molecule has 1 fully saturated rings. The van der Waals surface area contributed by atoms with E-state index in [4.69, 9.17) is 16.0 Å². The van der Waals surface area contributed by atoms with Gasteiger partial charge in [-0.05, 0) is 24.6 Å². The van der Waals surface area contributed by atoms with Crippen LogP contribution < -0.4 is 10.2 Å². The maximum Gasteiger partial charge on any atom is 0.273 e. The van der Waals surface area contributed by atoms with E-state index in [0.717, 1.165) is 42.5 Å². The molecule has 3 aromatic rings. The van der Waals surface area contributed by atoms with Gasteiger partial charge < -0.3 is 14.6 Å². The van der Waals surface area contributed by atoms with Crippen molar-refractivity contribution in [1.82, 2.24) is 15.2 Å². The van der Waals surface area contributed by atoms with Gasteiger partial charge in [0.1, 0.15) is 6.26 Å². The van der Waals surface area contributed by atoms with Gasteiger partial charge in [0.15, 0.2) is 5.69 Å². The van der Waals surface area contributed by atoms with Crippen molar-refractivity contribution < 1.29 is 9.21 Å². The van der Waals surface area contributed by atoms with Crippen LogP contribution in [-0.2, 0) is 6.54 Å². The zero-order valence-electron chi connectivity index (χ0n) is 16.9. The second-order valence-corrected chi connectivity index (χ2v) is 7.85. The number of benzene rings is 2. The largest absolute Gasteiger partial charge is 0.447 e. The van der Waals surface area contributed by atoms with Crippen molar-refractivity contribution in [2.75, 3.05) is 31.1 Å². The maximum atomic E-state index is 12.5. The molecule has 1 amide bonds. The third-order valence-electron chi connectivity index (χ3n) is 5.36. The second-order valence-electron chi connectivity index (χ2n) is 7.45. The van der Waals surface area contributed by atoms with Crippen molar-refractivity contribution in [3.63, 3.8) is 0 Å². The summed E-state index contributed by atoms with van der Waals surface area (Å²) in [5.41, 5.74) is 2.43. The van der Waals surface area contributed by atoms with Gasteiger partial charge in [-0.2, -0.15) is 0 Å². The fourth-order valence-electron chi connectivity index (χ4n) is 3.63. The first-order chi connectivity index (χ1) is 14.6. The molecule has 0 radical (unpaired) electrons. The highest BCUT2D eigenvalue weighted by molar-refractivity contribution is 6.33. The van der Waals surface area contributed by atoms with Crippen LogP contribution in [0.2, 0.25) is 5.02 Å². The monoisotopic (exact) mass is 424 g/mol. The molecule has 1 aliphatic rings. The zero-order valence-corrected chi connectivity index (χ0v) is 17.7. The summed E-state index contributed by atoms with van der Waals surface area (Å²) < 4.78 is 5.56. The molecule has 7 heteroatoms. The van der Waals surface area contributed by atoms with Crippen LogP contribution >= 0.6 is 11.6 Å². The molecule has 1 saturated heterocycles. The lowest BCUT2D eigenvalue weighted by Gasteiger charge is -2.35. The predicted molar refractivity (Wildman–Crippen MR) is 118 cm³/mol. The van der Waals surface area contributed by atoms with Crippen molar-refractivity contribution in [1.29, 1.82) is 0 Å². The number of carbonyl (C=O) groups is 1. The first-order valence-corrected chi connectivity index (χ1v) is 10.5. The zero-order chi connectivity index (χ0) is 20.9. The molecule has 1 atom stereocenters. The highest BCUT2D eigenvalue weighted by Gasteiger charge is 2.21. The van der Waals surface area contributed by atoms with Gasteiger partial charge in [0.2, 0.25) is 5.89 Å². The van der Waals surface area contributed by atoms with Crippen LogP contribution in [-0.4, -0.2) is 42.0 Å². The average Bonchev–Trinajstić information content (AvgIpc) is 3.24. The third kappa shape index (κ3) is 4.83. The highest BCUT2D eigenvalue weighted by atomic mass is 35.5. The van der Waals surface area contributed by atoms with Crippen LogP contribution in [0, 0.1) is 0 Å². The fourth-order valence-corrected chi connectivity index (χ4v) is 3.89. The van der Waals surface area contributed by atoms with E-state index >= 15 is 0 Å². The van der Waals surface area contributed by atoms with Crippen molar-refractivity contribution >= 4 is 23.2 Å². The molecule has 1 aromatic heterocycles. The molecule has 0 bridgehead atoms. The summed E-state index contributed by atoms with van der Waals surface area (Å²) in [6, 6.07) is 17.7. The minimum Gasteiger partial charge on any atom is -0.447 e. The lowest BCUT2D eigenvalue weighted by Crippen LogP contribution is -2.46. The van der Waals surface area contributed by atoms with Gasteiger partial charge in [0, 0.05) is 26.2 Å². The number of carbonyl (C=O) groups excluding carboxylic acids is 1. The third-order valence-corrected chi connectivity index (χ3v) is 5.68. The Labute approximate surface area is 181 Å². The minimum absolute atomic E-state index is 0.100. The molecule has 30 heavy (non-hydrogen) atoms. The van der Waals surface area contributed by atoms with Gasteiger partial charge in [-0.15, -0.1) is 0 Å². The van der Waals surface area contributed by atoms with Crippen molar-refractivity contribution in [2.45, 2.75) is 19.5 Å². The molecule has 0 saturated carbocycles. The molecule has 2 aromatic carbocycles. The van der Waals surface area contributed by atoms with E-state index in [2.05, 4.69) is 20.1 Å². The SMILES string of the molecule is CC(NC(=O)c1coc(CN2CCN(c3ccccc3Cl)CC2)n1)c1ccccc1. The van der Waals surface area contributed by atoms with Gasteiger partial charge in [-0.3, -0.25) is 9.69 Å². The number of hydrogen-bond donors (Lipinski definition) is 1. The molecule has 156 valence electrons. The first-order valence-electron chi connectivity index (χ1n) is 10.1. The Kier molecular flexibility index (Phi) is 6.35. The number of piperazine rings is 1. The Morgan fingerprint density at radius 2 is 1.80 bits per heavy atom. The van der Waals surface area contributed by atoms with Crippen molar-refractivity contribution in [3.8, 4) is 0 Å². The van der Waals surface area contributed by atoms with Gasteiger partial charge in [-0.25, -0.2) is 4.98 Å². The smallest absolute Gasteiger partial charge is 0.273 e. The molecule has 6 nitrogen and oxygen atoms in total. The van der Waals surface area contributed by atoms with Crippen LogP contribution in [0.25, 0.3) is 0 Å². The summed E-state index contributed by atoms with van der Waals surface area (Å²) in [5, 5.41) is 3.74. The Morgan fingerprint density at radius 1 is 1.10 bits per heavy atom. The lowest BCUT2D eigenvalue weighted by atomic mass is 10.1. The number of nitrogens with one attached hydrogen (secondary N) is 1. The van der Waals surface area contributed by atoms with E-state index < -0.39 is 0 Å². The summed E-state index contributed by atoms with van der Waals surface area (Å²) in [5.74, 6) is 0.323. The van der Waals surface area contributed by atoms with Crippen LogP contribution in [0.1, 0.15) is 34.9 Å². The highest BCUT2D eigenvalue weighted by Crippen LogP contribution is 2.26. The molecule has 0 aliphatic carbocycles. The van der Waals surface area contributed by atoms with Gasteiger partial charge in [0.25, 0.3) is 5.91 Å². The number of amides is 1. The molecule has 1 aliphatic heterocycles. The molecular formula is C23H25ClN4O2. The number of nitrogens with zero attached hydrogens (tertiary/aromatic N) is 3. The summed E-state index contributed by atoms with van der Waals surface area (Å²) in [6.45, 7) is 6.05. The normalized spacial score (nSPS) is 15.7. The molecule has 1 N–H and O–H groups in total. The topological polar surface area (TPSA) is 61.6 Å². The molecule has 1 unspecified atom stereocenters. The number of oxazole rings is 1. The lowest BCUT2D eigenvalue weighted by molar-refractivity contribution is 0.0934. The molecular weight excluding hydrogens is 400 g/mol. The summed E-state index contributed by atoms with van der Waals surface area (Å²) in [7, 11) is 0. The number of anilines is 1. The van der Waals surface area contributed by atoms with Crippen LogP contribution in [0.5, 0.6) is 0 Å². The van der Waals surface area contributed by atoms with Gasteiger partial charge in [-0.1, -0.05) is 54.1 Å². The van der Waals surface area contributed by atoms with Crippen LogP contribution in [0.15, 0.2) is 65.3 Å². The number of aromatic nitrogens is 1. The number of para-hydroxylation sites is 1. The van der Waals surface area contributed by atoms with Crippen molar-refractivity contribution in [2.24, 2.45) is 0 Å². The fraction of sp³-hybridized carbons (Fsp3) is 0.304. The van der Waals surface area contributed by atoms with E-state index in [0.29, 0.717) is 18.1 Å². The van der Waals surface area contributed by atoms with Gasteiger partial charge in [0.05, 0.1) is 23.3 Å². The molecule has 0 spiro atoms. The standard InChI is InChI=1S/C23H25ClN4O2/c1-17(18-7-3-2-4-8-18)25-23(29)20-16-30-22(26-20)15-27-11-13-28(14-12-27)21-10-6-5-9-19(21)24/h2-10,16-17H,11-15H2,1H3,(H,25,29). The van der Waals surface area contributed by atoms with Gasteiger partial charge >= 0.3 is 0 Å². The van der Waals surface area contributed by atoms with E-state index in [-0.39, 0.29) is 11.9 Å². The average molecular weight is 425 g/mol. The number of hydrogen-bond acceptors (Lipinski definition) is 5. The summed E-state index contributed by atoms with van der Waals surface area (Å²) >= 11 is 6.31. The second kappa shape index (κ2) is 9.32. The quantitative estimate of drug-likeness (QED) is 0.644. The minimum atomic E-state index is -0.232. The van der Waals surface area contributed by atoms with Crippen LogP contribution in [0.4, 0.5) is 5.69 Å². The Hall–Kier alpha value is -2.83. The van der Waals surface area contributed by atoms with E-state index in [1.807, 2.05) is 61.5 Å². The maximum absolute atomic E-state index is 12.5. The van der Waals surface area contributed by atoms with Crippen LogP contribution in [0.3, 0.4) is 0 Å².